The molecule has 1 aliphatic carbocycles. The summed E-state index contributed by atoms with van der Waals surface area (Å²) in [5.41, 5.74) is 7.83. The predicted molar refractivity (Wildman–Crippen MR) is 86.2 cm³/mol. The molecule has 5 heteroatoms. The van der Waals surface area contributed by atoms with Gasteiger partial charge in [0.15, 0.2) is 5.96 Å². The van der Waals surface area contributed by atoms with Crippen molar-refractivity contribution in [2.45, 2.75) is 51.6 Å². The molecule has 1 aromatic rings. The van der Waals surface area contributed by atoms with Crippen LogP contribution in [-0.2, 0) is 4.79 Å². The summed E-state index contributed by atoms with van der Waals surface area (Å²) in [6.45, 7) is 3.53. The molecule has 0 heterocycles. The lowest BCUT2D eigenvalue weighted by atomic mass is 10.1. The minimum atomic E-state index is -0.0740. The summed E-state index contributed by atoms with van der Waals surface area (Å²) in [6, 6.07) is 8.16. The highest BCUT2D eigenvalue weighted by molar-refractivity contribution is 5.88. The molecule has 0 aromatic heterocycles. The Hall–Kier alpha value is -2.04. The molecule has 0 saturated heterocycles. The quantitative estimate of drug-likeness (QED) is 0.588. The average Bonchev–Trinajstić information content (AvgIpc) is 2.90. The molecule has 4 N–H and O–H groups in total. The van der Waals surface area contributed by atoms with Gasteiger partial charge in [0.05, 0.1) is 12.1 Å². The Kier molecular flexibility index (Phi) is 5.20. The SMILES string of the molecule is CC(=O)Nc1cccc(C(C)NC(N)=NC2CCCC2)c1. The topological polar surface area (TPSA) is 79.5 Å². The lowest BCUT2D eigenvalue weighted by Gasteiger charge is -2.17. The number of anilines is 1. The maximum atomic E-state index is 11.1. The molecule has 0 aliphatic heterocycles. The molecule has 5 nitrogen and oxygen atoms in total. The molecule has 0 spiro atoms. The van der Waals surface area contributed by atoms with Crippen LogP contribution in [0.15, 0.2) is 29.3 Å². The van der Waals surface area contributed by atoms with Gasteiger partial charge < -0.3 is 16.4 Å². The Morgan fingerprint density at radius 3 is 2.76 bits per heavy atom. The van der Waals surface area contributed by atoms with Crippen LogP contribution >= 0.6 is 0 Å². The number of nitrogens with zero attached hydrogens (tertiary/aromatic N) is 1. The monoisotopic (exact) mass is 288 g/mol. The van der Waals surface area contributed by atoms with Gasteiger partial charge >= 0.3 is 0 Å². The third-order valence-corrected chi connectivity index (χ3v) is 3.72. The van der Waals surface area contributed by atoms with Crippen LogP contribution in [0, 0.1) is 0 Å². The van der Waals surface area contributed by atoms with Gasteiger partial charge in [0.25, 0.3) is 0 Å². The van der Waals surface area contributed by atoms with Crippen LogP contribution in [0.1, 0.15) is 51.1 Å². The van der Waals surface area contributed by atoms with Gasteiger partial charge in [-0.25, -0.2) is 0 Å². The molecule has 1 amide bonds. The Bertz CT molecular complexity index is 521. The highest BCUT2D eigenvalue weighted by Gasteiger charge is 2.15. The molecule has 1 aromatic carbocycles. The van der Waals surface area contributed by atoms with E-state index < -0.39 is 0 Å². The van der Waals surface area contributed by atoms with Crippen molar-refractivity contribution in [2.75, 3.05) is 5.32 Å². The number of aliphatic imine (C=N–C) groups is 1. The third-order valence-electron chi connectivity index (χ3n) is 3.72. The van der Waals surface area contributed by atoms with Gasteiger partial charge in [0.1, 0.15) is 0 Å². The first kappa shape index (κ1) is 15.4. The number of guanidine groups is 1. The fraction of sp³-hybridized carbons (Fsp3) is 0.500. The largest absolute Gasteiger partial charge is 0.370 e. The normalized spacial score (nSPS) is 17.5. The van der Waals surface area contributed by atoms with E-state index in [1.807, 2.05) is 31.2 Å². The number of amides is 1. The fourth-order valence-electron chi connectivity index (χ4n) is 2.66. The summed E-state index contributed by atoms with van der Waals surface area (Å²) < 4.78 is 0. The number of rotatable bonds is 4. The Balaban J connectivity index is 1.98. The minimum Gasteiger partial charge on any atom is -0.370 e. The van der Waals surface area contributed by atoms with E-state index in [9.17, 15) is 4.79 Å². The summed E-state index contributed by atoms with van der Waals surface area (Å²) in [5, 5.41) is 6.00. The molecule has 1 saturated carbocycles. The van der Waals surface area contributed by atoms with E-state index in [-0.39, 0.29) is 11.9 Å². The first-order chi connectivity index (χ1) is 10.0. The van der Waals surface area contributed by atoms with Crippen LogP contribution in [0.5, 0.6) is 0 Å². The van der Waals surface area contributed by atoms with Crippen molar-refractivity contribution in [1.29, 1.82) is 0 Å². The molecular weight excluding hydrogens is 264 g/mol. The van der Waals surface area contributed by atoms with Gasteiger partial charge in [-0.05, 0) is 37.5 Å². The number of carbonyl (C=O) groups is 1. The third kappa shape index (κ3) is 4.77. The maximum absolute atomic E-state index is 11.1. The van der Waals surface area contributed by atoms with Crippen LogP contribution in [-0.4, -0.2) is 17.9 Å². The van der Waals surface area contributed by atoms with Crippen LogP contribution in [0.4, 0.5) is 5.69 Å². The van der Waals surface area contributed by atoms with Crippen molar-refractivity contribution in [3.05, 3.63) is 29.8 Å². The zero-order valence-electron chi connectivity index (χ0n) is 12.7. The molecule has 0 radical (unpaired) electrons. The first-order valence-electron chi connectivity index (χ1n) is 7.52. The standard InChI is InChI=1S/C16H24N4O/c1-11(18-16(17)20-14-7-3-4-8-14)13-6-5-9-15(10-13)19-12(2)21/h5-6,9-11,14H,3-4,7-8H2,1-2H3,(H,19,21)(H3,17,18,20). The zero-order valence-corrected chi connectivity index (χ0v) is 12.7. The lowest BCUT2D eigenvalue weighted by molar-refractivity contribution is -0.114. The van der Waals surface area contributed by atoms with Crippen molar-refractivity contribution in [3.8, 4) is 0 Å². The molecule has 0 bridgehead atoms. The number of hydrogen-bond donors (Lipinski definition) is 3. The second-order valence-corrected chi connectivity index (χ2v) is 5.63. The van der Waals surface area contributed by atoms with E-state index >= 15 is 0 Å². The van der Waals surface area contributed by atoms with Crippen molar-refractivity contribution in [2.24, 2.45) is 10.7 Å². The minimum absolute atomic E-state index is 0.0452. The molecule has 21 heavy (non-hydrogen) atoms. The van der Waals surface area contributed by atoms with Crippen molar-refractivity contribution < 1.29 is 4.79 Å². The molecular formula is C16H24N4O. The summed E-state index contributed by atoms with van der Waals surface area (Å²) in [5.74, 6) is 0.425. The van der Waals surface area contributed by atoms with Crippen molar-refractivity contribution >= 4 is 17.6 Å². The number of carbonyl (C=O) groups excluding carboxylic acids is 1. The van der Waals surface area contributed by atoms with Gasteiger partial charge in [0, 0.05) is 12.6 Å². The Morgan fingerprint density at radius 1 is 1.38 bits per heavy atom. The molecule has 1 unspecified atom stereocenters. The van der Waals surface area contributed by atoms with Crippen molar-refractivity contribution in [1.82, 2.24) is 5.32 Å². The summed E-state index contributed by atoms with van der Waals surface area (Å²) in [7, 11) is 0. The smallest absolute Gasteiger partial charge is 0.221 e. The fourth-order valence-corrected chi connectivity index (χ4v) is 2.66. The van der Waals surface area contributed by atoms with E-state index in [2.05, 4.69) is 15.6 Å². The number of hydrogen-bond acceptors (Lipinski definition) is 2. The molecule has 114 valence electrons. The van der Waals surface area contributed by atoms with Gasteiger partial charge in [-0.1, -0.05) is 25.0 Å². The van der Waals surface area contributed by atoms with Gasteiger partial charge in [-0.2, -0.15) is 0 Å². The molecule has 1 fully saturated rings. The number of nitrogens with one attached hydrogen (secondary N) is 2. The van der Waals surface area contributed by atoms with Crippen LogP contribution in [0.25, 0.3) is 0 Å². The molecule has 1 atom stereocenters. The van der Waals surface area contributed by atoms with E-state index in [1.54, 1.807) is 0 Å². The molecule has 2 rings (SSSR count). The zero-order chi connectivity index (χ0) is 15.2. The van der Waals surface area contributed by atoms with Crippen LogP contribution in [0.3, 0.4) is 0 Å². The molecule has 1 aliphatic rings. The average molecular weight is 288 g/mol. The van der Waals surface area contributed by atoms with Gasteiger partial charge in [-0.15, -0.1) is 0 Å². The van der Waals surface area contributed by atoms with E-state index in [4.69, 9.17) is 5.73 Å². The first-order valence-corrected chi connectivity index (χ1v) is 7.52. The Labute approximate surface area is 126 Å². The van der Waals surface area contributed by atoms with Crippen LogP contribution < -0.4 is 16.4 Å². The number of nitrogens with two attached hydrogens (primary N) is 1. The van der Waals surface area contributed by atoms with Gasteiger partial charge in [-0.3, -0.25) is 9.79 Å². The number of benzene rings is 1. The Morgan fingerprint density at radius 2 is 2.10 bits per heavy atom. The van der Waals surface area contributed by atoms with E-state index in [0.29, 0.717) is 12.0 Å². The van der Waals surface area contributed by atoms with E-state index in [0.717, 1.165) is 24.1 Å². The second kappa shape index (κ2) is 7.11. The second-order valence-electron chi connectivity index (χ2n) is 5.63. The highest BCUT2D eigenvalue weighted by atomic mass is 16.1. The summed E-state index contributed by atoms with van der Waals surface area (Å²) in [4.78, 5) is 15.6. The van der Waals surface area contributed by atoms with Gasteiger partial charge in [0.2, 0.25) is 5.91 Å². The maximum Gasteiger partial charge on any atom is 0.221 e. The lowest BCUT2D eigenvalue weighted by Crippen LogP contribution is -2.34. The van der Waals surface area contributed by atoms with E-state index in [1.165, 1.54) is 19.8 Å². The van der Waals surface area contributed by atoms with Crippen LogP contribution in [0.2, 0.25) is 0 Å². The van der Waals surface area contributed by atoms with Crippen molar-refractivity contribution in [3.63, 3.8) is 0 Å². The summed E-state index contributed by atoms with van der Waals surface area (Å²) in [6.07, 6.45) is 4.76. The highest BCUT2D eigenvalue weighted by Crippen LogP contribution is 2.21. The predicted octanol–water partition coefficient (Wildman–Crippen LogP) is 2.55. The summed E-state index contributed by atoms with van der Waals surface area (Å²) >= 11 is 0.